The third-order valence-electron chi connectivity index (χ3n) is 4.69. The molecule has 0 saturated carbocycles. The Morgan fingerprint density at radius 1 is 1.06 bits per heavy atom. The fourth-order valence-electron chi connectivity index (χ4n) is 2.97. The van der Waals surface area contributed by atoms with Crippen LogP contribution in [0, 0.1) is 6.92 Å². The average Bonchev–Trinajstić information content (AvgIpc) is 2.77. The van der Waals surface area contributed by atoms with Gasteiger partial charge in [0.05, 0.1) is 27.4 Å². The number of hydrogen-bond acceptors (Lipinski definition) is 4. The molecule has 0 aliphatic heterocycles. The molecule has 0 aliphatic carbocycles. The van der Waals surface area contributed by atoms with Gasteiger partial charge in [-0.2, -0.15) is 18.3 Å². The Balaban J connectivity index is 1.95. The fraction of sp³-hybridized carbons (Fsp3) is 0.130. The minimum atomic E-state index is -4.84. The van der Waals surface area contributed by atoms with Crippen LogP contribution in [0.15, 0.2) is 76.7 Å². The molecule has 0 fully saturated rings. The van der Waals surface area contributed by atoms with Gasteiger partial charge in [0, 0.05) is 5.02 Å². The van der Waals surface area contributed by atoms with Crippen LogP contribution >= 0.6 is 23.2 Å². The summed E-state index contributed by atoms with van der Waals surface area (Å²) in [6.45, 7) is 0.899. The van der Waals surface area contributed by atoms with Gasteiger partial charge in [-0.05, 0) is 55.0 Å². The van der Waals surface area contributed by atoms with E-state index in [1.54, 1.807) is 31.2 Å². The number of halogens is 5. The lowest BCUT2D eigenvalue weighted by molar-refractivity contribution is -0.137. The molecule has 0 saturated heterocycles. The van der Waals surface area contributed by atoms with E-state index in [0.717, 1.165) is 17.7 Å². The smallest absolute Gasteiger partial charge is 0.271 e. The molecular weight excluding hydrogens is 526 g/mol. The molecule has 0 aliphatic rings. The molecule has 0 bridgehead atoms. The van der Waals surface area contributed by atoms with E-state index in [1.807, 2.05) is 0 Å². The second kappa shape index (κ2) is 10.7. The van der Waals surface area contributed by atoms with Crippen molar-refractivity contribution >= 4 is 51.0 Å². The summed E-state index contributed by atoms with van der Waals surface area (Å²) >= 11 is 11.6. The van der Waals surface area contributed by atoms with Crippen LogP contribution in [0.4, 0.5) is 18.9 Å². The zero-order valence-electron chi connectivity index (χ0n) is 18.1. The van der Waals surface area contributed by atoms with Crippen LogP contribution in [0.3, 0.4) is 0 Å². The van der Waals surface area contributed by atoms with Gasteiger partial charge in [-0.1, -0.05) is 53.0 Å². The first-order valence-corrected chi connectivity index (χ1v) is 12.1. The van der Waals surface area contributed by atoms with E-state index in [1.165, 1.54) is 30.5 Å². The van der Waals surface area contributed by atoms with Crippen molar-refractivity contribution in [3.05, 3.63) is 93.5 Å². The number of hydrazone groups is 1. The number of sulfonamides is 1. The SMILES string of the molecule is Cc1ccc(S(=O)(=O)N(CC(=O)N/N=C\c2cccc(Cl)c2)c2ccc(Cl)c(C(F)(F)F)c2)cc1. The molecule has 184 valence electrons. The zero-order chi connectivity index (χ0) is 25.8. The van der Waals surface area contributed by atoms with E-state index in [9.17, 15) is 26.4 Å². The van der Waals surface area contributed by atoms with E-state index in [0.29, 0.717) is 21.0 Å². The number of nitrogens with zero attached hydrogens (tertiary/aromatic N) is 2. The van der Waals surface area contributed by atoms with Crippen molar-refractivity contribution in [2.75, 3.05) is 10.8 Å². The summed E-state index contributed by atoms with van der Waals surface area (Å²) in [7, 11) is -4.43. The number of benzene rings is 3. The Kier molecular flexibility index (Phi) is 8.09. The normalized spacial score (nSPS) is 12.1. The second-order valence-electron chi connectivity index (χ2n) is 7.33. The lowest BCUT2D eigenvalue weighted by Crippen LogP contribution is -2.39. The lowest BCUT2D eigenvalue weighted by atomic mass is 10.2. The minimum Gasteiger partial charge on any atom is -0.271 e. The maximum absolute atomic E-state index is 13.4. The topological polar surface area (TPSA) is 78.8 Å². The minimum absolute atomic E-state index is 0.207. The molecule has 35 heavy (non-hydrogen) atoms. The first kappa shape index (κ1) is 26.5. The highest BCUT2D eigenvalue weighted by atomic mass is 35.5. The lowest BCUT2D eigenvalue weighted by Gasteiger charge is -2.25. The molecule has 3 aromatic rings. The number of aryl methyl sites for hydroxylation is 1. The van der Waals surface area contributed by atoms with Crippen molar-refractivity contribution < 1.29 is 26.4 Å². The van der Waals surface area contributed by atoms with E-state index < -0.39 is 44.9 Å². The summed E-state index contributed by atoms with van der Waals surface area (Å²) in [6.07, 6.45) is -3.55. The summed E-state index contributed by atoms with van der Waals surface area (Å²) in [5.74, 6) is -0.887. The zero-order valence-corrected chi connectivity index (χ0v) is 20.4. The summed E-state index contributed by atoms with van der Waals surface area (Å²) in [6, 6.07) is 14.8. The second-order valence-corrected chi connectivity index (χ2v) is 10.0. The van der Waals surface area contributed by atoms with Crippen molar-refractivity contribution in [3.63, 3.8) is 0 Å². The first-order chi connectivity index (χ1) is 16.4. The van der Waals surface area contributed by atoms with Crippen LogP contribution in [-0.2, 0) is 21.0 Å². The van der Waals surface area contributed by atoms with Crippen LogP contribution in [-0.4, -0.2) is 27.1 Å². The number of rotatable bonds is 7. The molecule has 3 rings (SSSR count). The number of alkyl halides is 3. The maximum atomic E-state index is 13.4. The van der Waals surface area contributed by atoms with Crippen LogP contribution in [0.1, 0.15) is 16.7 Å². The number of hydrogen-bond donors (Lipinski definition) is 1. The fourth-order valence-corrected chi connectivity index (χ4v) is 4.81. The van der Waals surface area contributed by atoms with Gasteiger partial charge >= 0.3 is 6.18 Å². The molecule has 0 aromatic heterocycles. The number of carbonyl (C=O) groups excluding carboxylic acids is 1. The molecule has 12 heteroatoms. The predicted molar refractivity (Wildman–Crippen MR) is 129 cm³/mol. The van der Waals surface area contributed by atoms with Crippen molar-refractivity contribution in [1.82, 2.24) is 5.43 Å². The van der Waals surface area contributed by atoms with Gasteiger partial charge in [-0.15, -0.1) is 0 Å². The van der Waals surface area contributed by atoms with Gasteiger partial charge in [0.2, 0.25) is 0 Å². The highest BCUT2D eigenvalue weighted by molar-refractivity contribution is 7.92. The molecular formula is C23H18Cl2F3N3O3S. The third-order valence-corrected chi connectivity index (χ3v) is 7.04. The summed E-state index contributed by atoms with van der Waals surface area (Å²) in [5, 5.41) is 3.60. The molecule has 3 aromatic carbocycles. The van der Waals surface area contributed by atoms with Gasteiger partial charge in [-0.25, -0.2) is 13.8 Å². The van der Waals surface area contributed by atoms with Gasteiger partial charge in [0.25, 0.3) is 15.9 Å². The Labute approximate surface area is 210 Å². The standard InChI is InChI=1S/C23H18Cl2F3N3O3S/c1-15-5-8-19(9-6-15)35(33,34)31(18-7-10-21(25)20(12-18)23(26,27)28)14-22(32)30-29-13-16-3-2-4-17(24)11-16/h2-13H,14H2,1H3,(H,30,32)/b29-13-. The third kappa shape index (κ3) is 6.74. The average molecular weight is 544 g/mol. The quantitative estimate of drug-likeness (QED) is 0.308. The van der Waals surface area contributed by atoms with E-state index in [-0.39, 0.29) is 4.90 Å². The monoisotopic (exact) mass is 543 g/mol. The molecule has 0 atom stereocenters. The summed E-state index contributed by atoms with van der Waals surface area (Å²) < 4.78 is 67.5. The predicted octanol–water partition coefficient (Wildman–Crippen LogP) is 5.67. The van der Waals surface area contributed by atoms with Gasteiger partial charge in [0.15, 0.2) is 0 Å². The molecule has 1 amide bonds. The number of nitrogens with one attached hydrogen (secondary N) is 1. The van der Waals surface area contributed by atoms with Crippen LogP contribution in [0.5, 0.6) is 0 Å². The van der Waals surface area contributed by atoms with Crippen LogP contribution < -0.4 is 9.73 Å². The largest absolute Gasteiger partial charge is 0.417 e. The van der Waals surface area contributed by atoms with E-state index in [2.05, 4.69) is 10.5 Å². The van der Waals surface area contributed by atoms with Gasteiger partial charge in [-0.3, -0.25) is 9.10 Å². The Hall–Kier alpha value is -3.08. The number of carbonyl (C=O) groups is 1. The van der Waals surface area contributed by atoms with Crippen LogP contribution in [0.2, 0.25) is 10.0 Å². The Morgan fingerprint density at radius 3 is 2.37 bits per heavy atom. The van der Waals surface area contributed by atoms with E-state index in [4.69, 9.17) is 23.2 Å². The van der Waals surface area contributed by atoms with Gasteiger partial charge < -0.3 is 0 Å². The number of anilines is 1. The van der Waals surface area contributed by atoms with Crippen molar-refractivity contribution in [3.8, 4) is 0 Å². The molecule has 0 heterocycles. The van der Waals surface area contributed by atoms with Crippen molar-refractivity contribution in [2.45, 2.75) is 18.0 Å². The summed E-state index contributed by atoms with van der Waals surface area (Å²) in [4.78, 5) is 12.4. The molecule has 0 radical (unpaired) electrons. The van der Waals surface area contributed by atoms with Crippen LogP contribution in [0.25, 0.3) is 0 Å². The summed E-state index contributed by atoms with van der Waals surface area (Å²) in [5.41, 5.74) is 1.88. The first-order valence-electron chi connectivity index (χ1n) is 9.91. The highest BCUT2D eigenvalue weighted by Gasteiger charge is 2.35. The molecule has 0 unspecified atom stereocenters. The highest BCUT2D eigenvalue weighted by Crippen LogP contribution is 2.38. The molecule has 1 N–H and O–H groups in total. The van der Waals surface area contributed by atoms with E-state index >= 15 is 0 Å². The Bertz CT molecular complexity index is 1360. The van der Waals surface area contributed by atoms with Crippen molar-refractivity contribution in [2.24, 2.45) is 5.10 Å². The van der Waals surface area contributed by atoms with Crippen molar-refractivity contribution in [1.29, 1.82) is 0 Å². The number of amides is 1. The van der Waals surface area contributed by atoms with Gasteiger partial charge in [0.1, 0.15) is 6.54 Å². The maximum Gasteiger partial charge on any atom is 0.417 e. The Morgan fingerprint density at radius 2 is 1.74 bits per heavy atom. The molecule has 6 nitrogen and oxygen atoms in total. The molecule has 0 spiro atoms.